The minimum absolute atomic E-state index is 0.0452. The van der Waals surface area contributed by atoms with Crippen molar-refractivity contribution in [1.29, 1.82) is 0 Å². The Bertz CT molecular complexity index is 1160. The summed E-state index contributed by atoms with van der Waals surface area (Å²) in [4.78, 5) is 50.9. The lowest BCUT2D eigenvalue weighted by atomic mass is 9.85. The van der Waals surface area contributed by atoms with Crippen LogP contribution in [0.25, 0.3) is 0 Å². The molecule has 0 aromatic rings. The Morgan fingerprint density at radius 3 is 2.27 bits per heavy atom. The number of primary amides is 1. The van der Waals surface area contributed by atoms with Crippen molar-refractivity contribution < 1.29 is 42.9 Å². The monoisotopic (exact) mass is 574 g/mol. The molecule has 1 heterocycles. The van der Waals surface area contributed by atoms with Crippen LogP contribution in [-0.2, 0) is 38.1 Å². The number of carbonyl (C=O) groups excluding carboxylic acids is 4. The number of Topliss-reactive ketones (excluding diaryl/α,β-unsaturated/α-hetero) is 1. The van der Waals surface area contributed by atoms with E-state index in [-0.39, 0.29) is 40.9 Å². The van der Waals surface area contributed by atoms with Gasteiger partial charge in [0.1, 0.15) is 6.10 Å². The molecule has 41 heavy (non-hydrogen) atoms. The molecule has 11 heteroatoms. The number of rotatable bonds is 5. The first-order valence-corrected chi connectivity index (χ1v) is 13.3. The van der Waals surface area contributed by atoms with Crippen LogP contribution in [0.2, 0.25) is 0 Å². The second kappa shape index (κ2) is 15.5. The molecule has 2 amide bonds. The second-order valence-electron chi connectivity index (χ2n) is 10.3. The van der Waals surface area contributed by atoms with E-state index in [0.717, 1.165) is 6.08 Å². The summed E-state index contributed by atoms with van der Waals surface area (Å²) in [7, 11) is 5.95. The largest absolute Gasteiger partial charge is 0.492 e. The Hall–Kier alpha value is -3.54. The lowest BCUT2D eigenvalue weighted by molar-refractivity contribution is -0.120. The summed E-state index contributed by atoms with van der Waals surface area (Å²) in [6.45, 7) is 7.23. The summed E-state index contributed by atoms with van der Waals surface area (Å²) >= 11 is 0. The minimum atomic E-state index is -0.967. The zero-order valence-electron chi connectivity index (χ0n) is 25.0. The molecule has 0 aromatic heterocycles. The van der Waals surface area contributed by atoms with Gasteiger partial charge in [-0.2, -0.15) is 0 Å². The number of ketones is 2. The average Bonchev–Trinajstić information content (AvgIpc) is 2.91. The highest BCUT2D eigenvalue weighted by molar-refractivity contribution is 6.23. The highest BCUT2D eigenvalue weighted by Crippen LogP contribution is 2.30. The molecule has 11 nitrogen and oxygen atoms in total. The highest BCUT2D eigenvalue weighted by atomic mass is 16.6. The van der Waals surface area contributed by atoms with Gasteiger partial charge < -0.3 is 34.7 Å². The number of hydrogen-bond donors (Lipinski definition) is 2. The molecule has 0 saturated carbocycles. The predicted octanol–water partition coefficient (Wildman–Crippen LogP) is 3.06. The molecular formula is C30H42N2O9. The summed E-state index contributed by atoms with van der Waals surface area (Å²) in [5.74, 6) is -1.95. The van der Waals surface area contributed by atoms with Crippen LogP contribution in [0.3, 0.4) is 0 Å². The van der Waals surface area contributed by atoms with Gasteiger partial charge in [0.05, 0.1) is 25.0 Å². The van der Waals surface area contributed by atoms with E-state index in [2.05, 4.69) is 5.32 Å². The van der Waals surface area contributed by atoms with Crippen LogP contribution >= 0.6 is 0 Å². The van der Waals surface area contributed by atoms with E-state index in [4.69, 9.17) is 29.4 Å². The van der Waals surface area contributed by atoms with E-state index in [1.165, 1.54) is 20.3 Å². The van der Waals surface area contributed by atoms with Gasteiger partial charge in [0.15, 0.2) is 11.9 Å². The van der Waals surface area contributed by atoms with Gasteiger partial charge in [-0.1, -0.05) is 38.2 Å². The van der Waals surface area contributed by atoms with Gasteiger partial charge in [-0.25, -0.2) is 4.79 Å². The van der Waals surface area contributed by atoms with Gasteiger partial charge in [-0.3, -0.25) is 14.4 Å². The molecule has 1 aliphatic heterocycles. The average molecular weight is 575 g/mol. The number of allylic oxidation sites excluding steroid dienone is 4. The van der Waals surface area contributed by atoms with Crippen LogP contribution in [0, 0.1) is 11.8 Å². The maximum Gasteiger partial charge on any atom is 0.405 e. The quantitative estimate of drug-likeness (QED) is 0.373. The SMILES string of the molecule is COC1=C2C[C@@H](C)C[C@H](OC)[C@H](OC)[C@@H](C)/C=C(\C)[C@H](OC(N)=O)C(OC)/C=C\C=C(/C)C(=O)NC(=CC1=O)C2=O. The van der Waals surface area contributed by atoms with Gasteiger partial charge in [0.2, 0.25) is 11.6 Å². The zero-order valence-corrected chi connectivity index (χ0v) is 25.0. The summed E-state index contributed by atoms with van der Waals surface area (Å²) in [5.41, 5.74) is 6.36. The fourth-order valence-electron chi connectivity index (χ4n) is 5.13. The number of nitrogens with two attached hydrogens (primary N) is 1. The van der Waals surface area contributed by atoms with Crippen LogP contribution in [0.15, 0.2) is 58.6 Å². The predicted molar refractivity (Wildman–Crippen MR) is 151 cm³/mol. The summed E-state index contributed by atoms with van der Waals surface area (Å²) in [6, 6.07) is 0. The third kappa shape index (κ3) is 8.72. The van der Waals surface area contributed by atoms with Crippen molar-refractivity contribution in [2.45, 2.75) is 65.0 Å². The number of carbonyl (C=O) groups is 4. The van der Waals surface area contributed by atoms with E-state index in [1.807, 2.05) is 19.9 Å². The first kappa shape index (κ1) is 33.7. The Balaban J connectivity index is 2.64. The standard InChI is InChI=1S/C30H42N2O9/c1-16-12-20-25(34)21(15-22(33)28(20)40-8)32-29(35)17(2)10-9-11-23(37-5)27(41-30(31)36)19(4)14-18(3)26(39-7)24(13-16)38-6/h9-11,14-16,18,23-24,26-27H,12-13H2,1-8H3,(H2,31,36)(H,32,35)/b11-9-,17-10+,19-14+/t16-,18+,23?,24+,26-,27+/m1/s1. The maximum atomic E-state index is 13.4. The smallest absolute Gasteiger partial charge is 0.405 e. The van der Waals surface area contributed by atoms with E-state index < -0.39 is 48.0 Å². The lowest BCUT2D eigenvalue weighted by Crippen LogP contribution is -2.38. The van der Waals surface area contributed by atoms with Crippen LogP contribution in [0.1, 0.15) is 40.5 Å². The summed E-state index contributed by atoms with van der Waals surface area (Å²) in [6.07, 6.45) is 5.00. The van der Waals surface area contributed by atoms with Crippen LogP contribution in [0.4, 0.5) is 4.79 Å². The normalized spacial score (nSPS) is 32.2. The van der Waals surface area contributed by atoms with E-state index in [1.54, 1.807) is 40.2 Å². The number of nitrogens with one attached hydrogen (secondary N) is 1. The Morgan fingerprint density at radius 2 is 1.71 bits per heavy atom. The molecule has 2 rings (SSSR count). The van der Waals surface area contributed by atoms with Gasteiger partial charge in [-0.05, 0) is 38.2 Å². The molecule has 2 aliphatic rings. The van der Waals surface area contributed by atoms with Crippen molar-refractivity contribution in [2.75, 3.05) is 28.4 Å². The Morgan fingerprint density at radius 1 is 1.02 bits per heavy atom. The van der Waals surface area contributed by atoms with Crippen LogP contribution in [-0.4, -0.2) is 76.4 Å². The van der Waals surface area contributed by atoms with Crippen molar-refractivity contribution >= 4 is 23.6 Å². The first-order valence-electron chi connectivity index (χ1n) is 13.3. The molecule has 6 atom stereocenters. The number of methoxy groups -OCH3 is 4. The molecule has 1 aliphatic carbocycles. The van der Waals surface area contributed by atoms with Gasteiger partial charge in [0, 0.05) is 44.5 Å². The van der Waals surface area contributed by atoms with E-state index >= 15 is 0 Å². The van der Waals surface area contributed by atoms with E-state index in [9.17, 15) is 19.2 Å². The molecule has 2 bridgehead atoms. The van der Waals surface area contributed by atoms with Crippen LogP contribution < -0.4 is 11.1 Å². The minimum Gasteiger partial charge on any atom is -0.492 e. The van der Waals surface area contributed by atoms with Gasteiger partial charge in [-0.15, -0.1) is 0 Å². The molecule has 0 spiro atoms. The summed E-state index contributed by atoms with van der Waals surface area (Å²) in [5, 5.41) is 2.55. The molecule has 0 fully saturated rings. The number of hydrogen-bond acceptors (Lipinski definition) is 9. The third-order valence-corrected chi connectivity index (χ3v) is 7.18. The van der Waals surface area contributed by atoms with Gasteiger partial charge in [0.25, 0.3) is 5.91 Å². The fraction of sp³-hybridized carbons (Fsp3) is 0.533. The van der Waals surface area contributed by atoms with Crippen LogP contribution in [0.5, 0.6) is 0 Å². The van der Waals surface area contributed by atoms with Crippen molar-refractivity contribution in [3.05, 3.63) is 58.6 Å². The maximum absolute atomic E-state index is 13.4. The number of ether oxygens (including phenoxy) is 5. The summed E-state index contributed by atoms with van der Waals surface area (Å²) < 4.78 is 28.0. The second-order valence-corrected chi connectivity index (χ2v) is 10.3. The lowest BCUT2D eigenvalue weighted by Gasteiger charge is -2.32. The van der Waals surface area contributed by atoms with Crippen molar-refractivity contribution in [3.8, 4) is 0 Å². The Kier molecular flexibility index (Phi) is 12.7. The van der Waals surface area contributed by atoms with Gasteiger partial charge >= 0.3 is 6.09 Å². The van der Waals surface area contributed by atoms with Crippen molar-refractivity contribution in [3.63, 3.8) is 0 Å². The first-order chi connectivity index (χ1) is 19.4. The van der Waals surface area contributed by atoms with E-state index in [0.29, 0.717) is 12.0 Å². The molecule has 1 unspecified atom stereocenters. The Labute approximate surface area is 241 Å². The van der Waals surface area contributed by atoms with Crippen molar-refractivity contribution in [1.82, 2.24) is 5.32 Å². The fourth-order valence-corrected chi connectivity index (χ4v) is 5.13. The topological polar surface area (TPSA) is 152 Å². The molecule has 0 aromatic carbocycles. The molecular weight excluding hydrogens is 532 g/mol. The molecule has 0 radical (unpaired) electrons. The highest BCUT2D eigenvalue weighted by Gasteiger charge is 2.34. The zero-order chi connectivity index (χ0) is 30.9. The molecule has 0 saturated heterocycles. The molecule has 226 valence electrons. The number of fused-ring (bicyclic) bond motifs is 2. The molecule has 3 N–H and O–H groups in total. The van der Waals surface area contributed by atoms with Crippen molar-refractivity contribution in [2.24, 2.45) is 17.6 Å². The third-order valence-electron chi connectivity index (χ3n) is 7.18. The number of amides is 2.